The average Bonchev–Trinajstić information content (AvgIpc) is 3.13. The van der Waals surface area contributed by atoms with Gasteiger partial charge in [-0.15, -0.1) is 0 Å². The van der Waals surface area contributed by atoms with Crippen molar-refractivity contribution in [2.75, 3.05) is 4.90 Å². The Kier molecular flexibility index (Phi) is 11.6. The van der Waals surface area contributed by atoms with Crippen molar-refractivity contribution < 1.29 is 0 Å². The molecule has 4 unspecified atom stereocenters. The third-order valence-corrected chi connectivity index (χ3v) is 22.0. The first-order valence-corrected chi connectivity index (χ1v) is 25.5. The molecule has 0 spiro atoms. The van der Waals surface area contributed by atoms with Crippen molar-refractivity contribution in [3.63, 3.8) is 0 Å². The summed E-state index contributed by atoms with van der Waals surface area (Å²) in [4.78, 5) is 7.14. The molecule has 0 N–H and O–H groups in total. The molecule has 0 aliphatic rings. The fourth-order valence-electron chi connectivity index (χ4n) is 5.35. The Morgan fingerprint density at radius 3 is 1.45 bits per heavy atom. The molecule has 4 atom stereocenters. The van der Waals surface area contributed by atoms with Gasteiger partial charge in [0, 0.05) is 33.8 Å². The molecule has 6 aromatic rings. The van der Waals surface area contributed by atoms with E-state index in [2.05, 4.69) is 75.9 Å². The average molecular weight is 729 g/mol. The van der Waals surface area contributed by atoms with Crippen LogP contribution >= 0.6 is 23.5 Å². The second kappa shape index (κ2) is 16.6. The molecule has 230 valence electrons. The minimum absolute atomic E-state index is 0.384. The quantitative estimate of drug-likeness (QED) is 0.121. The SMILES string of the molecule is Cc1cc(N(c2ccccc2)c2ccccc2)ccc1-c1c(C#N)c(-c2ccccc2)nc(-c2ccccc2)c1C#N.[3H]P(P)[As](C)P. The number of nitriles is 2. The van der Waals surface area contributed by atoms with Crippen LogP contribution in [0.5, 0.6) is 0 Å². The molecule has 5 aromatic carbocycles. The van der Waals surface area contributed by atoms with Gasteiger partial charge in [-0.25, -0.2) is 4.98 Å². The summed E-state index contributed by atoms with van der Waals surface area (Å²) >= 11 is -0.687. The van der Waals surface area contributed by atoms with Crippen molar-refractivity contribution in [2.24, 2.45) is 0 Å². The zero-order chi connectivity index (χ0) is 34.0. The van der Waals surface area contributed by atoms with E-state index < -0.39 is 13.7 Å². The third kappa shape index (κ3) is 8.06. The first-order chi connectivity index (χ1) is 23.3. The Balaban J connectivity index is 0.000000689. The Labute approximate surface area is 289 Å². The summed E-state index contributed by atoms with van der Waals surface area (Å²) in [5.74, 6) is 0. The second-order valence-electron chi connectivity index (χ2n) is 10.6. The first-order valence-electron chi connectivity index (χ1n) is 15.3. The van der Waals surface area contributed by atoms with E-state index in [1.807, 2.05) is 110 Å². The van der Waals surface area contributed by atoms with Gasteiger partial charge in [-0.2, -0.15) is 10.5 Å². The molecule has 0 saturated carbocycles. The Morgan fingerprint density at radius 1 is 0.681 bits per heavy atom. The number of benzene rings is 5. The minimum atomic E-state index is -0.687. The standard InChI is InChI=1S/C38H26N4.CH8AsP3/c1-27-24-32(42(30-18-10-4-11-19-30)31-20-12-5-13-21-31)22-23-33(27)36-34(25-39)37(28-14-6-2-7-15-28)41-38(35(36)26-40)29-16-8-3-9-17-29;1-2(3)5-4/h2-24H,1H3;5H,3-4H2,1H3/i;5T. The summed E-state index contributed by atoms with van der Waals surface area (Å²) in [7, 11) is 5.29. The van der Waals surface area contributed by atoms with Gasteiger partial charge in [0.05, 0.1) is 22.5 Å². The molecular formula is C39H34AsN4P3. The second-order valence-corrected chi connectivity index (χ2v) is 27.8. The summed E-state index contributed by atoms with van der Waals surface area (Å²) in [5.41, 5.74) is 11.1. The molecule has 0 saturated heterocycles. The van der Waals surface area contributed by atoms with E-state index in [-0.39, 0.29) is 6.77 Å². The molecule has 47 heavy (non-hydrogen) atoms. The summed E-state index contributed by atoms with van der Waals surface area (Å²) in [6, 6.07) is 50.8. The van der Waals surface area contributed by atoms with Crippen molar-refractivity contribution >= 4 is 54.3 Å². The van der Waals surface area contributed by atoms with Crippen molar-refractivity contribution in [1.82, 2.24) is 4.98 Å². The number of aromatic nitrogens is 1. The molecule has 0 radical (unpaired) electrons. The summed E-state index contributed by atoms with van der Waals surface area (Å²) in [6.45, 7) is 1.64. The van der Waals surface area contributed by atoms with E-state index in [9.17, 15) is 10.5 Å². The Hall–Kier alpha value is -4.12. The van der Waals surface area contributed by atoms with Gasteiger partial charge in [-0.1, -0.05) is 103 Å². The molecule has 0 fully saturated rings. The number of nitrogens with zero attached hydrogens (tertiary/aromatic N) is 4. The summed E-state index contributed by atoms with van der Waals surface area (Å²) in [5, 5.41) is 21.1. The normalized spacial score (nSPS) is 11.9. The van der Waals surface area contributed by atoms with E-state index in [1.54, 1.807) is 0 Å². The van der Waals surface area contributed by atoms with Crippen LogP contribution in [0.15, 0.2) is 140 Å². The van der Waals surface area contributed by atoms with E-state index in [1.165, 1.54) is 0 Å². The van der Waals surface area contributed by atoms with Crippen LogP contribution in [0.3, 0.4) is 0 Å². The number of rotatable bonds is 7. The Bertz CT molecular complexity index is 1950. The van der Waals surface area contributed by atoms with Gasteiger partial charge >= 0.3 is 44.2 Å². The monoisotopic (exact) mass is 728 g/mol. The van der Waals surface area contributed by atoms with E-state index in [0.717, 1.165) is 39.3 Å². The predicted molar refractivity (Wildman–Crippen MR) is 209 cm³/mol. The van der Waals surface area contributed by atoms with Gasteiger partial charge in [-0.3, -0.25) is 0 Å². The molecule has 0 bridgehead atoms. The van der Waals surface area contributed by atoms with Crippen molar-refractivity contribution in [3.05, 3.63) is 156 Å². The third-order valence-electron chi connectivity index (χ3n) is 7.46. The summed E-state index contributed by atoms with van der Waals surface area (Å²) < 4.78 is 7.10. The van der Waals surface area contributed by atoms with Gasteiger partial charge in [0.2, 0.25) is 0 Å². The first kappa shape index (κ1) is 32.8. The van der Waals surface area contributed by atoms with Crippen LogP contribution < -0.4 is 4.90 Å². The Morgan fingerprint density at radius 2 is 1.09 bits per heavy atom. The van der Waals surface area contributed by atoms with Crippen LogP contribution in [0.4, 0.5) is 17.1 Å². The molecule has 1 aromatic heterocycles. The van der Waals surface area contributed by atoms with Crippen molar-refractivity contribution in [2.45, 2.75) is 12.6 Å². The van der Waals surface area contributed by atoms with Crippen LogP contribution in [0.1, 0.15) is 16.7 Å². The maximum atomic E-state index is 10.5. The number of anilines is 3. The van der Waals surface area contributed by atoms with E-state index in [4.69, 9.17) is 6.26 Å². The van der Waals surface area contributed by atoms with Gasteiger partial charge in [-0.05, 0) is 54.4 Å². The van der Waals surface area contributed by atoms with Gasteiger partial charge in [0.15, 0.2) is 0 Å². The molecular weight excluding hydrogens is 692 g/mol. The fourth-order valence-corrected chi connectivity index (χ4v) is 5.35. The zero-order valence-electron chi connectivity index (χ0n) is 27.1. The number of pyridine rings is 1. The number of hydrogen-bond acceptors (Lipinski definition) is 4. The van der Waals surface area contributed by atoms with E-state index in [0.29, 0.717) is 28.1 Å². The number of hydrogen-bond donors (Lipinski definition) is 0. The molecule has 0 amide bonds. The molecule has 0 aliphatic heterocycles. The number of aryl methyl sites for hydroxylation is 1. The van der Waals surface area contributed by atoms with Crippen LogP contribution in [0, 0.1) is 29.6 Å². The molecule has 0 aliphatic carbocycles. The van der Waals surface area contributed by atoms with Crippen LogP contribution in [-0.4, -0.2) is 20.0 Å². The van der Waals surface area contributed by atoms with Gasteiger partial charge < -0.3 is 4.90 Å². The van der Waals surface area contributed by atoms with E-state index >= 15 is 0 Å². The van der Waals surface area contributed by atoms with Gasteiger partial charge in [0.25, 0.3) is 0 Å². The topological polar surface area (TPSA) is 63.7 Å². The number of para-hydroxylation sites is 2. The maximum absolute atomic E-state index is 10.5. The molecule has 8 heteroatoms. The molecule has 4 nitrogen and oxygen atoms in total. The van der Waals surface area contributed by atoms with Crippen LogP contribution in [-0.2, 0) is 0 Å². The van der Waals surface area contributed by atoms with Gasteiger partial charge in [0.1, 0.15) is 12.1 Å². The fraction of sp³-hybridized carbons (Fsp3) is 0.0513. The van der Waals surface area contributed by atoms with Crippen LogP contribution in [0.25, 0.3) is 33.6 Å². The molecule has 6 rings (SSSR count). The zero-order valence-corrected chi connectivity index (χ0v) is 31.2. The molecule has 1 heterocycles. The summed E-state index contributed by atoms with van der Waals surface area (Å²) in [6.07, 6.45) is 0. The predicted octanol–water partition coefficient (Wildman–Crippen LogP) is 11.1. The van der Waals surface area contributed by atoms with Crippen molar-refractivity contribution in [1.29, 1.82) is 11.8 Å². The van der Waals surface area contributed by atoms with Crippen LogP contribution in [0.2, 0.25) is 5.71 Å². The van der Waals surface area contributed by atoms with Crippen molar-refractivity contribution in [3.8, 4) is 45.8 Å².